The first-order valence-electron chi connectivity index (χ1n) is 9.62. The standard InChI is InChI=1S/C22H26ClNO3S/c1-24(11-9-16-6-2-3-7-18(16)23)10-5-4-8-19(25)17-14-20-22(21(28)15-17)27-13-12-26-20/h2-3,6-7,14-15,28H,4-5,8-13H2,1H3. The van der Waals surface area contributed by atoms with Crippen LogP contribution in [0.25, 0.3) is 0 Å². The molecule has 4 nitrogen and oxygen atoms in total. The predicted octanol–water partition coefficient (Wildman–Crippen LogP) is 4.93. The molecule has 0 aromatic heterocycles. The van der Waals surface area contributed by atoms with E-state index in [2.05, 4.69) is 30.6 Å². The molecule has 0 radical (unpaired) electrons. The Morgan fingerprint density at radius 1 is 1.14 bits per heavy atom. The number of ketones is 1. The summed E-state index contributed by atoms with van der Waals surface area (Å²) in [5, 5.41) is 0.824. The van der Waals surface area contributed by atoms with Crippen LogP contribution in [0.2, 0.25) is 5.02 Å². The summed E-state index contributed by atoms with van der Waals surface area (Å²) in [6, 6.07) is 11.5. The van der Waals surface area contributed by atoms with Crippen molar-refractivity contribution < 1.29 is 14.3 Å². The van der Waals surface area contributed by atoms with E-state index in [0.29, 0.717) is 41.6 Å². The SMILES string of the molecule is CN(CCCCC(=O)c1cc(S)c2c(c1)OCCO2)CCc1ccccc1Cl. The molecule has 0 amide bonds. The number of carbonyl (C=O) groups excluding carboxylic acids is 1. The van der Waals surface area contributed by atoms with Crippen LogP contribution in [-0.4, -0.2) is 44.0 Å². The lowest BCUT2D eigenvalue weighted by atomic mass is 10.0. The van der Waals surface area contributed by atoms with Crippen LogP contribution in [0, 0.1) is 0 Å². The van der Waals surface area contributed by atoms with Gasteiger partial charge in [-0.2, -0.15) is 0 Å². The van der Waals surface area contributed by atoms with Gasteiger partial charge in [0.15, 0.2) is 17.3 Å². The minimum atomic E-state index is 0.117. The fourth-order valence-electron chi connectivity index (χ4n) is 3.23. The van der Waals surface area contributed by atoms with Gasteiger partial charge in [-0.25, -0.2) is 0 Å². The first-order chi connectivity index (χ1) is 13.5. The highest BCUT2D eigenvalue weighted by atomic mass is 35.5. The number of nitrogens with zero attached hydrogens (tertiary/aromatic N) is 1. The molecule has 0 atom stereocenters. The van der Waals surface area contributed by atoms with Gasteiger partial charge in [0.2, 0.25) is 0 Å². The van der Waals surface area contributed by atoms with Crippen LogP contribution >= 0.6 is 24.2 Å². The lowest BCUT2D eigenvalue weighted by Gasteiger charge is -2.20. The van der Waals surface area contributed by atoms with Crippen molar-refractivity contribution in [3.05, 3.63) is 52.5 Å². The Balaban J connectivity index is 1.41. The Hall–Kier alpha value is -1.69. The number of ether oxygens (including phenoxy) is 2. The molecule has 0 unspecified atom stereocenters. The number of Topliss-reactive ketones (excluding diaryl/α,β-unsaturated/α-hetero) is 1. The minimum absolute atomic E-state index is 0.117. The zero-order valence-corrected chi connectivity index (χ0v) is 17.8. The number of benzene rings is 2. The lowest BCUT2D eigenvalue weighted by Crippen LogP contribution is -2.22. The molecule has 150 valence electrons. The van der Waals surface area contributed by atoms with Crippen molar-refractivity contribution in [3.63, 3.8) is 0 Å². The summed E-state index contributed by atoms with van der Waals surface area (Å²) in [4.78, 5) is 15.5. The summed E-state index contributed by atoms with van der Waals surface area (Å²) in [6.45, 7) is 2.91. The predicted molar refractivity (Wildman–Crippen MR) is 116 cm³/mol. The molecule has 0 N–H and O–H groups in total. The van der Waals surface area contributed by atoms with Crippen molar-refractivity contribution in [2.45, 2.75) is 30.6 Å². The van der Waals surface area contributed by atoms with Gasteiger partial charge < -0.3 is 14.4 Å². The fraction of sp³-hybridized carbons (Fsp3) is 0.409. The molecule has 0 saturated carbocycles. The summed E-state index contributed by atoms with van der Waals surface area (Å²) in [7, 11) is 2.10. The highest BCUT2D eigenvalue weighted by Gasteiger charge is 2.18. The first kappa shape index (κ1) is 21.0. The minimum Gasteiger partial charge on any atom is -0.486 e. The molecule has 0 spiro atoms. The highest BCUT2D eigenvalue weighted by Crippen LogP contribution is 2.37. The Labute approximate surface area is 177 Å². The molecule has 0 saturated heterocycles. The van der Waals surface area contributed by atoms with Crippen molar-refractivity contribution in [1.82, 2.24) is 4.90 Å². The summed E-state index contributed by atoms with van der Waals surface area (Å²) in [5.74, 6) is 1.36. The van der Waals surface area contributed by atoms with Crippen molar-refractivity contribution in [3.8, 4) is 11.5 Å². The number of carbonyl (C=O) groups is 1. The lowest BCUT2D eigenvalue weighted by molar-refractivity contribution is 0.0976. The summed E-state index contributed by atoms with van der Waals surface area (Å²) in [6.07, 6.45) is 3.27. The molecule has 3 rings (SSSR count). The number of halogens is 1. The zero-order valence-electron chi connectivity index (χ0n) is 16.1. The third-order valence-electron chi connectivity index (χ3n) is 4.86. The molecule has 6 heteroatoms. The van der Waals surface area contributed by atoms with Crippen LogP contribution in [0.15, 0.2) is 41.3 Å². The van der Waals surface area contributed by atoms with Gasteiger partial charge in [0.1, 0.15) is 13.2 Å². The molecule has 0 aliphatic carbocycles. The molecule has 0 fully saturated rings. The van der Waals surface area contributed by atoms with Gasteiger partial charge >= 0.3 is 0 Å². The van der Waals surface area contributed by atoms with Crippen molar-refractivity contribution in [2.24, 2.45) is 0 Å². The maximum absolute atomic E-state index is 12.5. The van der Waals surface area contributed by atoms with Crippen LogP contribution in [0.1, 0.15) is 35.2 Å². The van der Waals surface area contributed by atoms with Crippen molar-refractivity contribution >= 4 is 30.0 Å². The molecule has 0 bridgehead atoms. The first-order valence-corrected chi connectivity index (χ1v) is 10.4. The summed E-state index contributed by atoms with van der Waals surface area (Å²) < 4.78 is 11.1. The second-order valence-corrected chi connectivity index (χ2v) is 7.93. The van der Waals surface area contributed by atoms with Gasteiger partial charge in [0.25, 0.3) is 0 Å². The summed E-state index contributed by atoms with van der Waals surface area (Å²) >= 11 is 10.6. The van der Waals surface area contributed by atoms with Crippen LogP contribution < -0.4 is 9.47 Å². The second kappa shape index (κ2) is 10.2. The molecular weight excluding hydrogens is 394 g/mol. The van der Waals surface area contributed by atoms with Gasteiger partial charge in [-0.1, -0.05) is 29.8 Å². The van der Waals surface area contributed by atoms with Gasteiger partial charge in [0, 0.05) is 23.6 Å². The number of unbranched alkanes of at least 4 members (excludes halogenated alkanes) is 1. The van der Waals surface area contributed by atoms with E-state index < -0.39 is 0 Å². The average molecular weight is 420 g/mol. The van der Waals surface area contributed by atoms with E-state index in [4.69, 9.17) is 21.1 Å². The number of hydrogen-bond donors (Lipinski definition) is 1. The fourth-order valence-corrected chi connectivity index (χ4v) is 3.78. The molecule has 1 heterocycles. The molecule has 1 aliphatic heterocycles. The van der Waals surface area contributed by atoms with Gasteiger partial charge in [-0.3, -0.25) is 4.79 Å². The number of hydrogen-bond acceptors (Lipinski definition) is 5. The Morgan fingerprint density at radius 2 is 1.93 bits per heavy atom. The van der Waals surface area contributed by atoms with Gasteiger partial charge in [-0.15, -0.1) is 12.6 Å². The molecule has 1 aliphatic rings. The summed E-state index contributed by atoms with van der Waals surface area (Å²) in [5.41, 5.74) is 1.81. The molecule has 28 heavy (non-hydrogen) atoms. The highest BCUT2D eigenvalue weighted by molar-refractivity contribution is 7.80. The monoisotopic (exact) mass is 419 g/mol. The average Bonchev–Trinajstić information content (AvgIpc) is 2.70. The van der Waals surface area contributed by atoms with E-state index in [1.54, 1.807) is 12.1 Å². The van der Waals surface area contributed by atoms with Crippen molar-refractivity contribution in [2.75, 3.05) is 33.4 Å². The van der Waals surface area contributed by atoms with Crippen LogP contribution in [0.5, 0.6) is 11.5 Å². The molecule has 2 aromatic rings. The number of fused-ring (bicyclic) bond motifs is 1. The Kier molecular flexibility index (Phi) is 7.65. The normalized spacial score (nSPS) is 13.0. The molecular formula is C22H26ClNO3S. The molecule has 2 aromatic carbocycles. The smallest absolute Gasteiger partial charge is 0.174 e. The van der Waals surface area contributed by atoms with E-state index in [1.165, 1.54) is 5.56 Å². The van der Waals surface area contributed by atoms with E-state index in [9.17, 15) is 4.79 Å². The third kappa shape index (κ3) is 5.66. The van der Waals surface area contributed by atoms with Gasteiger partial charge in [0.05, 0.1) is 4.90 Å². The zero-order chi connectivity index (χ0) is 19.9. The third-order valence-corrected chi connectivity index (χ3v) is 5.56. The van der Waals surface area contributed by atoms with Crippen LogP contribution in [-0.2, 0) is 6.42 Å². The topological polar surface area (TPSA) is 38.8 Å². The van der Waals surface area contributed by atoms with E-state index in [1.807, 2.05) is 18.2 Å². The van der Waals surface area contributed by atoms with Crippen LogP contribution in [0.4, 0.5) is 0 Å². The maximum atomic E-state index is 12.5. The Bertz CT molecular complexity index is 827. The number of likely N-dealkylation sites (N-methyl/N-ethyl adjacent to an activating group) is 1. The largest absolute Gasteiger partial charge is 0.486 e. The maximum Gasteiger partial charge on any atom is 0.174 e. The van der Waals surface area contributed by atoms with E-state index in [0.717, 1.165) is 37.4 Å². The van der Waals surface area contributed by atoms with Gasteiger partial charge in [-0.05, 0) is 56.6 Å². The second-order valence-electron chi connectivity index (χ2n) is 7.04. The quantitative estimate of drug-likeness (QED) is 0.355. The number of thiol groups is 1. The van der Waals surface area contributed by atoms with Crippen LogP contribution in [0.3, 0.4) is 0 Å². The van der Waals surface area contributed by atoms with Crippen molar-refractivity contribution in [1.29, 1.82) is 0 Å². The van der Waals surface area contributed by atoms with E-state index in [-0.39, 0.29) is 5.78 Å². The van der Waals surface area contributed by atoms with E-state index >= 15 is 0 Å². The number of rotatable bonds is 9. The Morgan fingerprint density at radius 3 is 2.75 bits per heavy atom.